The summed E-state index contributed by atoms with van der Waals surface area (Å²) in [4.78, 5) is 10.9. The van der Waals surface area contributed by atoms with Crippen LogP contribution >= 0.6 is 0 Å². The molecule has 0 aliphatic heterocycles. The molecule has 0 saturated carbocycles. The largest absolute Gasteiger partial charge is 0.469 e. The minimum absolute atomic E-state index is 0.0654. The Morgan fingerprint density at radius 3 is 2.92 bits per heavy atom. The predicted octanol–water partition coefficient (Wildman–Crippen LogP) is 1.61. The molecule has 1 aromatic heterocycles. The van der Waals surface area contributed by atoms with Crippen molar-refractivity contribution in [3.8, 4) is 0 Å². The molecule has 3 heteroatoms. The Morgan fingerprint density at radius 1 is 1.67 bits per heavy atom. The Morgan fingerprint density at radius 2 is 2.42 bits per heavy atom. The van der Waals surface area contributed by atoms with E-state index in [1.54, 1.807) is 6.26 Å². The summed E-state index contributed by atoms with van der Waals surface area (Å²) < 4.78 is 5.08. The number of hydrogen-bond donors (Lipinski definition) is 1. The Balaban J connectivity index is 2.43. The van der Waals surface area contributed by atoms with Gasteiger partial charge in [0.15, 0.2) is 0 Å². The number of carbonyl (C=O) groups excluding carboxylic acids is 1. The summed E-state index contributed by atoms with van der Waals surface area (Å²) in [6.07, 6.45) is 2.15. The molecule has 66 valence electrons. The van der Waals surface area contributed by atoms with Gasteiger partial charge in [-0.3, -0.25) is 4.79 Å². The highest BCUT2D eigenvalue weighted by atomic mass is 16.3. The second-order valence-electron chi connectivity index (χ2n) is 2.63. The lowest BCUT2D eigenvalue weighted by atomic mass is 10.2. The summed E-state index contributed by atoms with van der Waals surface area (Å²) in [7, 11) is 0. The number of aryl methyl sites for hydroxylation is 1. The van der Waals surface area contributed by atoms with Crippen LogP contribution in [0.1, 0.15) is 24.7 Å². The van der Waals surface area contributed by atoms with Crippen molar-refractivity contribution in [2.45, 2.75) is 26.8 Å². The maximum Gasteiger partial charge on any atom is 0.219 e. The first kappa shape index (κ1) is 8.84. The SMILES string of the molecule is CCC(=O)NCc1ccoc1C. The third-order valence-electron chi connectivity index (χ3n) is 1.76. The molecule has 0 fully saturated rings. The van der Waals surface area contributed by atoms with Gasteiger partial charge in [0.05, 0.1) is 6.26 Å². The first-order chi connectivity index (χ1) is 5.74. The van der Waals surface area contributed by atoms with E-state index in [0.717, 1.165) is 11.3 Å². The van der Waals surface area contributed by atoms with Crippen LogP contribution in [0.25, 0.3) is 0 Å². The van der Waals surface area contributed by atoms with Crippen LogP contribution < -0.4 is 5.32 Å². The molecule has 0 aromatic carbocycles. The lowest BCUT2D eigenvalue weighted by molar-refractivity contribution is -0.120. The number of carbonyl (C=O) groups is 1. The first-order valence-electron chi connectivity index (χ1n) is 4.03. The molecule has 0 spiro atoms. The quantitative estimate of drug-likeness (QED) is 0.743. The van der Waals surface area contributed by atoms with Crippen molar-refractivity contribution in [2.75, 3.05) is 0 Å². The molecular weight excluding hydrogens is 154 g/mol. The van der Waals surface area contributed by atoms with Gasteiger partial charge in [0, 0.05) is 18.5 Å². The van der Waals surface area contributed by atoms with E-state index in [4.69, 9.17) is 4.42 Å². The first-order valence-corrected chi connectivity index (χ1v) is 4.03. The van der Waals surface area contributed by atoms with Gasteiger partial charge in [-0.25, -0.2) is 0 Å². The van der Waals surface area contributed by atoms with Gasteiger partial charge in [0.1, 0.15) is 5.76 Å². The highest BCUT2D eigenvalue weighted by molar-refractivity contribution is 5.75. The normalized spacial score (nSPS) is 9.83. The van der Waals surface area contributed by atoms with Gasteiger partial charge in [-0.1, -0.05) is 6.92 Å². The maximum absolute atomic E-state index is 10.9. The smallest absolute Gasteiger partial charge is 0.219 e. The average molecular weight is 167 g/mol. The number of furan rings is 1. The van der Waals surface area contributed by atoms with E-state index in [1.807, 2.05) is 19.9 Å². The van der Waals surface area contributed by atoms with Gasteiger partial charge in [0.25, 0.3) is 0 Å². The maximum atomic E-state index is 10.9. The zero-order valence-electron chi connectivity index (χ0n) is 7.39. The Hall–Kier alpha value is -1.25. The van der Waals surface area contributed by atoms with Crippen LogP contribution in [-0.4, -0.2) is 5.91 Å². The zero-order valence-corrected chi connectivity index (χ0v) is 7.39. The highest BCUT2D eigenvalue weighted by Gasteiger charge is 2.01. The zero-order chi connectivity index (χ0) is 8.97. The molecule has 3 nitrogen and oxygen atoms in total. The molecule has 0 atom stereocenters. The molecule has 1 amide bonds. The van der Waals surface area contributed by atoms with Crippen LogP contribution in [-0.2, 0) is 11.3 Å². The second kappa shape index (κ2) is 3.95. The Labute approximate surface area is 71.8 Å². The van der Waals surface area contributed by atoms with Crippen molar-refractivity contribution >= 4 is 5.91 Å². The molecular formula is C9H13NO2. The number of rotatable bonds is 3. The van der Waals surface area contributed by atoms with E-state index in [2.05, 4.69) is 5.32 Å². The molecule has 1 N–H and O–H groups in total. The monoisotopic (exact) mass is 167 g/mol. The Kier molecular flexibility index (Phi) is 2.91. The van der Waals surface area contributed by atoms with Crippen molar-refractivity contribution < 1.29 is 9.21 Å². The lowest BCUT2D eigenvalue weighted by Gasteiger charge is -2.00. The summed E-state index contributed by atoms with van der Waals surface area (Å²) in [6.45, 7) is 4.28. The minimum Gasteiger partial charge on any atom is -0.469 e. The van der Waals surface area contributed by atoms with Crippen LogP contribution in [0.15, 0.2) is 16.7 Å². The van der Waals surface area contributed by atoms with Crippen LogP contribution in [0.3, 0.4) is 0 Å². The molecule has 0 aliphatic rings. The minimum atomic E-state index is 0.0654. The van der Waals surface area contributed by atoms with Crippen LogP contribution in [0.4, 0.5) is 0 Å². The Bertz CT molecular complexity index is 265. The number of nitrogens with one attached hydrogen (secondary N) is 1. The fourth-order valence-corrected chi connectivity index (χ4v) is 0.913. The van der Waals surface area contributed by atoms with E-state index < -0.39 is 0 Å². The van der Waals surface area contributed by atoms with Gasteiger partial charge in [-0.05, 0) is 13.0 Å². The van der Waals surface area contributed by atoms with Gasteiger partial charge < -0.3 is 9.73 Å². The van der Waals surface area contributed by atoms with E-state index >= 15 is 0 Å². The summed E-state index contributed by atoms with van der Waals surface area (Å²) in [5.41, 5.74) is 1.04. The van der Waals surface area contributed by atoms with Gasteiger partial charge >= 0.3 is 0 Å². The highest BCUT2D eigenvalue weighted by Crippen LogP contribution is 2.07. The van der Waals surface area contributed by atoms with E-state index in [0.29, 0.717) is 13.0 Å². The fourth-order valence-electron chi connectivity index (χ4n) is 0.913. The van der Waals surface area contributed by atoms with Gasteiger partial charge in [-0.15, -0.1) is 0 Å². The summed E-state index contributed by atoms with van der Waals surface area (Å²) in [6, 6.07) is 1.87. The lowest BCUT2D eigenvalue weighted by Crippen LogP contribution is -2.21. The molecule has 0 aliphatic carbocycles. The molecule has 0 radical (unpaired) electrons. The number of hydrogen-bond acceptors (Lipinski definition) is 2. The summed E-state index contributed by atoms with van der Waals surface area (Å²) in [5, 5.41) is 2.78. The molecule has 0 unspecified atom stereocenters. The third kappa shape index (κ3) is 2.12. The fraction of sp³-hybridized carbons (Fsp3) is 0.444. The molecule has 1 rings (SSSR count). The van der Waals surface area contributed by atoms with Gasteiger partial charge in [0.2, 0.25) is 5.91 Å². The van der Waals surface area contributed by atoms with E-state index in [9.17, 15) is 4.79 Å². The van der Waals surface area contributed by atoms with Crippen molar-refractivity contribution in [3.05, 3.63) is 23.7 Å². The molecule has 1 aromatic rings. The third-order valence-corrected chi connectivity index (χ3v) is 1.76. The summed E-state index contributed by atoms with van der Waals surface area (Å²) >= 11 is 0. The molecule has 1 heterocycles. The summed E-state index contributed by atoms with van der Waals surface area (Å²) in [5.74, 6) is 0.932. The van der Waals surface area contributed by atoms with Crippen LogP contribution in [0.2, 0.25) is 0 Å². The van der Waals surface area contributed by atoms with Crippen LogP contribution in [0.5, 0.6) is 0 Å². The standard InChI is InChI=1S/C9H13NO2/c1-3-9(11)10-6-8-4-5-12-7(8)2/h4-5H,3,6H2,1-2H3,(H,10,11). The predicted molar refractivity (Wildman–Crippen MR) is 45.6 cm³/mol. The molecule has 0 bridgehead atoms. The van der Waals surface area contributed by atoms with Gasteiger partial charge in [-0.2, -0.15) is 0 Å². The van der Waals surface area contributed by atoms with Crippen molar-refractivity contribution in [1.29, 1.82) is 0 Å². The van der Waals surface area contributed by atoms with Crippen molar-refractivity contribution in [1.82, 2.24) is 5.32 Å². The second-order valence-corrected chi connectivity index (χ2v) is 2.63. The molecule has 12 heavy (non-hydrogen) atoms. The van der Waals surface area contributed by atoms with Crippen LogP contribution in [0, 0.1) is 6.92 Å². The topological polar surface area (TPSA) is 42.2 Å². The van der Waals surface area contributed by atoms with Crippen molar-refractivity contribution in [3.63, 3.8) is 0 Å². The molecule has 0 saturated heterocycles. The number of amides is 1. The van der Waals surface area contributed by atoms with E-state index in [-0.39, 0.29) is 5.91 Å². The van der Waals surface area contributed by atoms with E-state index in [1.165, 1.54) is 0 Å². The van der Waals surface area contributed by atoms with Crippen molar-refractivity contribution in [2.24, 2.45) is 0 Å². The average Bonchev–Trinajstić information content (AvgIpc) is 2.47.